The first-order valence-corrected chi connectivity index (χ1v) is 7.18. The number of carbonyl (C=O) groups excluding carboxylic acids is 1. The third-order valence-corrected chi connectivity index (χ3v) is 3.74. The van der Waals surface area contributed by atoms with Crippen molar-refractivity contribution in [1.82, 2.24) is 14.7 Å². The molecule has 0 radical (unpaired) electrons. The molecule has 0 aromatic carbocycles. The number of aromatic nitrogens is 2. The van der Waals surface area contributed by atoms with Gasteiger partial charge in [0.05, 0.1) is 11.9 Å². The van der Waals surface area contributed by atoms with E-state index in [4.69, 9.17) is 5.11 Å². The molecule has 0 unspecified atom stereocenters. The molecule has 0 aliphatic carbocycles. The number of urea groups is 1. The Balaban J connectivity index is 1.90. The summed E-state index contributed by atoms with van der Waals surface area (Å²) in [5.41, 5.74) is 0.517. The summed E-state index contributed by atoms with van der Waals surface area (Å²) in [5, 5.41) is 15.2. The molecule has 1 aliphatic heterocycles. The van der Waals surface area contributed by atoms with Gasteiger partial charge in [-0.15, -0.1) is 0 Å². The Morgan fingerprint density at radius 2 is 2.26 bits per heavy atom. The van der Waals surface area contributed by atoms with Crippen molar-refractivity contribution in [3.8, 4) is 0 Å². The maximum atomic E-state index is 12.0. The highest BCUT2D eigenvalue weighted by Crippen LogP contribution is 2.12. The smallest absolute Gasteiger partial charge is 0.325 e. The van der Waals surface area contributed by atoms with E-state index in [0.29, 0.717) is 5.69 Å². The van der Waals surface area contributed by atoms with Gasteiger partial charge in [0, 0.05) is 25.0 Å². The molecule has 19 heavy (non-hydrogen) atoms. The summed E-state index contributed by atoms with van der Waals surface area (Å²) in [7, 11) is 0. The fourth-order valence-electron chi connectivity index (χ4n) is 1.80. The third kappa shape index (κ3) is 4.16. The molecule has 7 nitrogen and oxygen atoms in total. The number of nitrogens with zero attached hydrogens (tertiary/aromatic N) is 3. The van der Waals surface area contributed by atoms with Crippen LogP contribution in [0.3, 0.4) is 0 Å². The van der Waals surface area contributed by atoms with Crippen molar-refractivity contribution in [2.45, 2.75) is 13.0 Å². The minimum Gasteiger partial charge on any atom is -0.480 e. The molecule has 2 amide bonds. The monoisotopic (exact) mass is 284 g/mol. The van der Waals surface area contributed by atoms with Gasteiger partial charge in [0.25, 0.3) is 0 Å². The third-order valence-electron chi connectivity index (χ3n) is 2.69. The van der Waals surface area contributed by atoms with Gasteiger partial charge in [-0.3, -0.25) is 9.48 Å². The first-order valence-electron chi connectivity index (χ1n) is 6.03. The van der Waals surface area contributed by atoms with Crippen LogP contribution < -0.4 is 5.32 Å². The first kappa shape index (κ1) is 13.7. The van der Waals surface area contributed by atoms with Crippen LogP contribution in [0, 0.1) is 0 Å². The lowest BCUT2D eigenvalue weighted by molar-refractivity contribution is -0.137. The molecule has 1 fully saturated rings. The van der Waals surface area contributed by atoms with Crippen LogP contribution in [0.4, 0.5) is 10.5 Å². The molecular formula is C11H16N4O3S. The van der Waals surface area contributed by atoms with Gasteiger partial charge >= 0.3 is 12.0 Å². The average molecular weight is 284 g/mol. The molecule has 2 rings (SSSR count). The second-order valence-electron chi connectivity index (χ2n) is 4.20. The second kappa shape index (κ2) is 6.46. The molecule has 0 atom stereocenters. The Bertz CT molecular complexity index is 455. The summed E-state index contributed by atoms with van der Waals surface area (Å²) in [4.78, 5) is 24.3. The van der Waals surface area contributed by atoms with Crippen molar-refractivity contribution in [3.05, 3.63) is 12.4 Å². The average Bonchev–Trinajstić information content (AvgIpc) is 2.64. The summed E-state index contributed by atoms with van der Waals surface area (Å²) in [5.74, 6) is 1.07. The topological polar surface area (TPSA) is 87.5 Å². The fourth-order valence-corrected chi connectivity index (χ4v) is 2.69. The van der Waals surface area contributed by atoms with Crippen molar-refractivity contribution >= 4 is 29.4 Å². The van der Waals surface area contributed by atoms with Crippen LogP contribution in [0.25, 0.3) is 0 Å². The summed E-state index contributed by atoms with van der Waals surface area (Å²) in [6.07, 6.45) is 3.96. The van der Waals surface area contributed by atoms with Gasteiger partial charge in [0.2, 0.25) is 0 Å². The van der Waals surface area contributed by atoms with E-state index in [1.165, 1.54) is 17.1 Å². The number of carbonyl (C=O) groups is 2. The van der Waals surface area contributed by atoms with E-state index in [1.807, 2.05) is 11.8 Å². The van der Waals surface area contributed by atoms with Crippen molar-refractivity contribution in [3.63, 3.8) is 0 Å². The van der Waals surface area contributed by atoms with Crippen LogP contribution >= 0.6 is 11.8 Å². The quantitative estimate of drug-likeness (QED) is 0.862. The highest BCUT2D eigenvalue weighted by molar-refractivity contribution is 7.99. The van der Waals surface area contributed by atoms with E-state index >= 15 is 0 Å². The van der Waals surface area contributed by atoms with Gasteiger partial charge in [-0.2, -0.15) is 16.9 Å². The van der Waals surface area contributed by atoms with E-state index in [9.17, 15) is 9.59 Å². The number of hydrogen-bond acceptors (Lipinski definition) is 4. The zero-order chi connectivity index (χ0) is 13.7. The minimum atomic E-state index is -0.967. The van der Waals surface area contributed by atoms with E-state index in [0.717, 1.165) is 31.0 Å². The highest BCUT2D eigenvalue weighted by atomic mass is 32.2. The summed E-state index contributed by atoms with van der Waals surface area (Å²) in [6.45, 7) is 1.28. The molecule has 0 bridgehead atoms. The lowest BCUT2D eigenvalue weighted by atomic mass is 10.4. The molecular weight excluding hydrogens is 268 g/mol. The van der Waals surface area contributed by atoms with Crippen molar-refractivity contribution in [2.75, 3.05) is 29.9 Å². The number of carboxylic acids is 1. The van der Waals surface area contributed by atoms with E-state index in [2.05, 4.69) is 10.4 Å². The molecule has 0 spiro atoms. The lowest BCUT2D eigenvalue weighted by Crippen LogP contribution is -2.36. The van der Waals surface area contributed by atoms with Crippen LogP contribution in [0.15, 0.2) is 12.4 Å². The van der Waals surface area contributed by atoms with Gasteiger partial charge in [-0.1, -0.05) is 0 Å². The summed E-state index contributed by atoms with van der Waals surface area (Å²) in [6, 6.07) is -0.155. The van der Waals surface area contributed by atoms with E-state index in [1.54, 1.807) is 4.90 Å². The van der Waals surface area contributed by atoms with Crippen LogP contribution in [0.5, 0.6) is 0 Å². The number of amides is 2. The highest BCUT2D eigenvalue weighted by Gasteiger charge is 2.16. The van der Waals surface area contributed by atoms with Gasteiger partial charge in [0.1, 0.15) is 6.54 Å². The number of rotatable bonds is 3. The Morgan fingerprint density at radius 3 is 3.05 bits per heavy atom. The second-order valence-corrected chi connectivity index (χ2v) is 5.43. The van der Waals surface area contributed by atoms with E-state index in [-0.39, 0.29) is 12.6 Å². The van der Waals surface area contributed by atoms with Gasteiger partial charge in [0.15, 0.2) is 0 Å². The number of hydrogen-bond donors (Lipinski definition) is 2. The molecule has 1 aromatic rings. The Kier molecular flexibility index (Phi) is 4.67. The Hall–Kier alpha value is -1.70. The number of thioether (sulfide) groups is 1. The minimum absolute atomic E-state index is 0.155. The Labute approximate surface area is 115 Å². The molecule has 2 heterocycles. The lowest BCUT2D eigenvalue weighted by Gasteiger charge is -2.19. The summed E-state index contributed by atoms with van der Waals surface area (Å²) < 4.78 is 1.27. The van der Waals surface area contributed by atoms with Gasteiger partial charge in [-0.05, 0) is 12.2 Å². The molecule has 0 saturated carbocycles. The van der Waals surface area contributed by atoms with Crippen molar-refractivity contribution in [1.29, 1.82) is 0 Å². The maximum absolute atomic E-state index is 12.0. The zero-order valence-electron chi connectivity index (χ0n) is 10.4. The number of anilines is 1. The maximum Gasteiger partial charge on any atom is 0.325 e. The predicted octanol–water partition coefficient (Wildman–Crippen LogP) is 0.939. The molecule has 1 saturated heterocycles. The number of aliphatic carboxylic acids is 1. The standard InChI is InChI=1S/C11H16N4O3S/c16-10(17)8-15-7-9(6-12-15)13-11(18)14-2-1-4-19-5-3-14/h6-7H,1-5,8H2,(H,13,18)(H,16,17). The van der Waals surface area contributed by atoms with E-state index < -0.39 is 5.97 Å². The van der Waals surface area contributed by atoms with Gasteiger partial charge in [-0.25, -0.2) is 4.79 Å². The molecule has 2 N–H and O–H groups in total. The van der Waals surface area contributed by atoms with Gasteiger partial charge < -0.3 is 15.3 Å². The van der Waals surface area contributed by atoms with Crippen LogP contribution in [-0.4, -0.2) is 56.4 Å². The largest absolute Gasteiger partial charge is 0.480 e. The Morgan fingerprint density at radius 1 is 1.42 bits per heavy atom. The number of nitrogens with one attached hydrogen (secondary N) is 1. The van der Waals surface area contributed by atoms with Crippen molar-refractivity contribution < 1.29 is 14.7 Å². The SMILES string of the molecule is O=C(O)Cn1cc(NC(=O)N2CCCSCC2)cn1. The van der Waals surface area contributed by atoms with Crippen molar-refractivity contribution in [2.24, 2.45) is 0 Å². The predicted molar refractivity (Wildman–Crippen MR) is 72.4 cm³/mol. The fraction of sp³-hybridized carbons (Fsp3) is 0.545. The molecule has 1 aliphatic rings. The van der Waals surface area contributed by atoms with Crippen LogP contribution in [0.1, 0.15) is 6.42 Å². The molecule has 8 heteroatoms. The normalized spacial score (nSPS) is 15.9. The number of carboxylic acid groups (broad SMARTS) is 1. The zero-order valence-corrected chi connectivity index (χ0v) is 11.2. The summed E-state index contributed by atoms with van der Waals surface area (Å²) >= 11 is 1.85. The van der Waals surface area contributed by atoms with Crippen LogP contribution in [-0.2, 0) is 11.3 Å². The first-order chi connectivity index (χ1) is 9.15. The van der Waals surface area contributed by atoms with Crippen LogP contribution in [0.2, 0.25) is 0 Å². The molecule has 1 aromatic heterocycles. The molecule has 104 valence electrons.